The van der Waals surface area contributed by atoms with E-state index in [2.05, 4.69) is 12.2 Å². The molecule has 1 aliphatic heterocycles. The Hall–Kier alpha value is -1.06. The van der Waals surface area contributed by atoms with E-state index in [0.29, 0.717) is 24.3 Å². The van der Waals surface area contributed by atoms with E-state index in [-0.39, 0.29) is 11.8 Å². The first-order chi connectivity index (χ1) is 9.99. The first kappa shape index (κ1) is 14.9. The third-order valence-electron chi connectivity index (χ3n) is 6.07. The van der Waals surface area contributed by atoms with Crippen LogP contribution in [0, 0.1) is 11.3 Å². The summed E-state index contributed by atoms with van der Waals surface area (Å²) >= 11 is 0. The zero-order chi connectivity index (χ0) is 15.1. The monoisotopic (exact) mass is 292 g/mol. The van der Waals surface area contributed by atoms with Gasteiger partial charge in [0.25, 0.3) is 0 Å². The van der Waals surface area contributed by atoms with Crippen molar-refractivity contribution in [3.05, 3.63) is 0 Å². The van der Waals surface area contributed by atoms with Crippen LogP contribution in [0.4, 0.5) is 0 Å². The molecule has 0 aromatic carbocycles. The molecule has 2 amide bonds. The second-order valence-electron chi connectivity index (χ2n) is 7.56. The summed E-state index contributed by atoms with van der Waals surface area (Å²) in [6.45, 7) is 5.63. The van der Waals surface area contributed by atoms with Gasteiger partial charge in [-0.15, -0.1) is 0 Å². The summed E-state index contributed by atoms with van der Waals surface area (Å²) in [5, 5.41) is 3.02. The highest BCUT2D eigenvalue weighted by Crippen LogP contribution is 2.44. The molecule has 0 aromatic rings. The average Bonchev–Trinajstić information content (AvgIpc) is 3.24. The summed E-state index contributed by atoms with van der Waals surface area (Å²) in [6.07, 6.45) is 8.75. The molecule has 21 heavy (non-hydrogen) atoms. The largest absolute Gasteiger partial charge is 0.342 e. The van der Waals surface area contributed by atoms with E-state index in [4.69, 9.17) is 0 Å². The first-order valence-electron chi connectivity index (χ1n) is 8.59. The van der Waals surface area contributed by atoms with Gasteiger partial charge >= 0.3 is 0 Å². The molecule has 4 heteroatoms. The van der Waals surface area contributed by atoms with Crippen LogP contribution >= 0.6 is 0 Å². The van der Waals surface area contributed by atoms with E-state index in [1.807, 2.05) is 11.8 Å². The van der Waals surface area contributed by atoms with E-state index in [0.717, 1.165) is 25.8 Å². The quantitative estimate of drug-likeness (QED) is 0.865. The van der Waals surface area contributed by atoms with Gasteiger partial charge in [-0.1, -0.05) is 19.8 Å². The van der Waals surface area contributed by atoms with Crippen molar-refractivity contribution < 1.29 is 9.59 Å². The lowest BCUT2D eigenvalue weighted by atomic mass is 9.82. The van der Waals surface area contributed by atoms with Crippen LogP contribution in [0.15, 0.2) is 0 Å². The predicted molar refractivity (Wildman–Crippen MR) is 81.7 cm³/mol. The Labute approximate surface area is 127 Å². The molecule has 1 N–H and O–H groups in total. The van der Waals surface area contributed by atoms with Crippen molar-refractivity contribution in [1.29, 1.82) is 0 Å². The normalized spacial score (nSPS) is 33.0. The molecule has 1 heterocycles. The van der Waals surface area contributed by atoms with Gasteiger partial charge in [0.05, 0.1) is 0 Å². The molecule has 0 aromatic heterocycles. The number of hydrogen-bond donors (Lipinski definition) is 1. The molecule has 3 rings (SSSR count). The van der Waals surface area contributed by atoms with Gasteiger partial charge in [-0.25, -0.2) is 0 Å². The maximum atomic E-state index is 13.1. The van der Waals surface area contributed by atoms with Crippen LogP contribution in [0.1, 0.15) is 65.2 Å². The second-order valence-corrected chi connectivity index (χ2v) is 7.56. The average molecular weight is 292 g/mol. The van der Waals surface area contributed by atoms with E-state index in [9.17, 15) is 9.59 Å². The minimum atomic E-state index is -0.652. The number of carbonyl (C=O) groups excluding carboxylic acids is 2. The maximum Gasteiger partial charge on any atom is 0.248 e. The van der Waals surface area contributed by atoms with Gasteiger partial charge in [-0.2, -0.15) is 0 Å². The molecular weight excluding hydrogens is 264 g/mol. The van der Waals surface area contributed by atoms with Gasteiger partial charge in [0.1, 0.15) is 5.54 Å². The van der Waals surface area contributed by atoms with Crippen LogP contribution in [0.3, 0.4) is 0 Å². The Balaban J connectivity index is 1.80. The molecule has 118 valence electrons. The highest BCUT2D eigenvalue weighted by atomic mass is 16.2. The minimum absolute atomic E-state index is 0.0391. The van der Waals surface area contributed by atoms with Crippen molar-refractivity contribution in [3.8, 4) is 0 Å². The highest BCUT2D eigenvalue weighted by molar-refractivity contribution is 5.93. The molecule has 4 nitrogen and oxygen atoms in total. The van der Waals surface area contributed by atoms with Gasteiger partial charge in [0.2, 0.25) is 11.8 Å². The number of amides is 2. The fourth-order valence-electron chi connectivity index (χ4n) is 4.31. The Kier molecular flexibility index (Phi) is 3.74. The lowest BCUT2D eigenvalue weighted by molar-refractivity contribution is -0.140. The molecule has 2 saturated carbocycles. The summed E-state index contributed by atoms with van der Waals surface area (Å²) in [4.78, 5) is 27.1. The van der Waals surface area contributed by atoms with E-state index >= 15 is 0 Å². The van der Waals surface area contributed by atoms with Gasteiger partial charge < -0.3 is 10.2 Å². The van der Waals surface area contributed by atoms with Crippen molar-refractivity contribution in [2.75, 3.05) is 13.1 Å². The van der Waals surface area contributed by atoms with Crippen LogP contribution in [0.2, 0.25) is 0 Å². The molecule has 3 fully saturated rings. The fourth-order valence-corrected chi connectivity index (χ4v) is 4.31. The van der Waals surface area contributed by atoms with Crippen LogP contribution < -0.4 is 5.32 Å². The standard InChI is InChI=1S/C17H28N2O2/c1-3-17(9-4-5-10-17)12-19-11-8-14(20)18-16(2,15(19)21)13-6-7-13/h13H,3-12H2,1-2H3,(H,18,20). The van der Waals surface area contributed by atoms with E-state index in [1.165, 1.54) is 25.7 Å². The third kappa shape index (κ3) is 2.69. The lowest BCUT2D eigenvalue weighted by Gasteiger charge is -2.38. The third-order valence-corrected chi connectivity index (χ3v) is 6.07. The molecule has 1 saturated heterocycles. The first-order valence-corrected chi connectivity index (χ1v) is 8.59. The number of nitrogens with one attached hydrogen (secondary N) is 1. The van der Waals surface area contributed by atoms with Crippen molar-refractivity contribution >= 4 is 11.8 Å². The Morgan fingerprint density at radius 1 is 1.24 bits per heavy atom. The van der Waals surface area contributed by atoms with Crippen LogP contribution in [0.25, 0.3) is 0 Å². The molecule has 2 aliphatic carbocycles. The Bertz CT molecular complexity index is 438. The Morgan fingerprint density at radius 2 is 1.90 bits per heavy atom. The highest BCUT2D eigenvalue weighted by Gasteiger charge is 2.52. The minimum Gasteiger partial charge on any atom is -0.342 e. The number of hydrogen-bond acceptors (Lipinski definition) is 2. The molecule has 1 unspecified atom stereocenters. The van der Waals surface area contributed by atoms with Gasteiger partial charge in [-0.05, 0) is 50.4 Å². The summed E-state index contributed by atoms with van der Waals surface area (Å²) < 4.78 is 0. The molecule has 0 spiro atoms. The topological polar surface area (TPSA) is 49.4 Å². The smallest absolute Gasteiger partial charge is 0.248 e. The van der Waals surface area contributed by atoms with Crippen molar-refractivity contribution in [1.82, 2.24) is 10.2 Å². The van der Waals surface area contributed by atoms with Crippen molar-refractivity contribution in [3.63, 3.8) is 0 Å². The van der Waals surface area contributed by atoms with E-state index < -0.39 is 5.54 Å². The van der Waals surface area contributed by atoms with Crippen LogP contribution in [-0.4, -0.2) is 35.3 Å². The van der Waals surface area contributed by atoms with Gasteiger partial charge in [0, 0.05) is 19.5 Å². The molecule has 3 aliphatic rings. The summed E-state index contributed by atoms with van der Waals surface area (Å²) in [6, 6.07) is 0. The second kappa shape index (κ2) is 5.29. The number of rotatable bonds is 4. The van der Waals surface area contributed by atoms with Crippen molar-refractivity contribution in [2.45, 2.75) is 70.8 Å². The van der Waals surface area contributed by atoms with Crippen LogP contribution in [-0.2, 0) is 9.59 Å². The molecule has 1 atom stereocenters. The van der Waals surface area contributed by atoms with Gasteiger partial charge in [0.15, 0.2) is 0 Å². The summed E-state index contributed by atoms with van der Waals surface area (Å²) in [5.41, 5.74) is -0.353. The van der Waals surface area contributed by atoms with E-state index in [1.54, 1.807) is 0 Å². The summed E-state index contributed by atoms with van der Waals surface area (Å²) in [5.74, 6) is 0.545. The molecule has 0 radical (unpaired) electrons. The number of carbonyl (C=O) groups is 2. The Morgan fingerprint density at radius 3 is 2.48 bits per heavy atom. The number of nitrogens with zero attached hydrogens (tertiary/aromatic N) is 1. The maximum absolute atomic E-state index is 13.1. The zero-order valence-corrected chi connectivity index (χ0v) is 13.4. The van der Waals surface area contributed by atoms with Crippen LogP contribution in [0.5, 0.6) is 0 Å². The summed E-state index contributed by atoms with van der Waals surface area (Å²) in [7, 11) is 0. The predicted octanol–water partition coefficient (Wildman–Crippen LogP) is 2.47. The van der Waals surface area contributed by atoms with Gasteiger partial charge in [-0.3, -0.25) is 9.59 Å². The zero-order valence-electron chi connectivity index (χ0n) is 13.4. The molecule has 0 bridgehead atoms. The molecular formula is C17H28N2O2. The lowest BCUT2D eigenvalue weighted by Crippen LogP contribution is -2.57. The van der Waals surface area contributed by atoms with Crippen molar-refractivity contribution in [2.24, 2.45) is 11.3 Å². The fraction of sp³-hybridized carbons (Fsp3) is 0.882. The SMILES string of the molecule is CCC1(CN2CCC(=O)NC(C)(C3CC3)C2=O)CCCC1.